The van der Waals surface area contributed by atoms with E-state index in [4.69, 9.17) is 8.83 Å². The number of carbonyl (C=O) groups is 1. The van der Waals surface area contributed by atoms with Crippen LogP contribution in [0.25, 0.3) is 22.2 Å². The van der Waals surface area contributed by atoms with Crippen molar-refractivity contribution < 1.29 is 13.6 Å². The molecule has 7 nitrogen and oxygen atoms in total. The third kappa shape index (κ3) is 1.87. The molecule has 0 amide bonds. The Balaban J connectivity index is 1.82. The van der Waals surface area contributed by atoms with Gasteiger partial charge in [-0.3, -0.25) is 14.8 Å². The van der Waals surface area contributed by atoms with Crippen molar-refractivity contribution in [2.45, 2.75) is 0 Å². The first kappa shape index (κ1) is 12.4. The minimum Gasteiger partial charge on any atom is -0.408 e. The van der Waals surface area contributed by atoms with Gasteiger partial charge in [-0.2, -0.15) is 0 Å². The van der Waals surface area contributed by atoms with Crippen molar-refractivity contribution in [2.24, 2.45) is 0 Å². The van der Waals surface area contributed by atoms with E-state index >= 15 is 0 Å². The van der Waals surface area contributed by atoms with E-state index in [2.05, 4.69) is 9.97 Å². The van der Waals surface area contributed by atoms with E-state index in [0.717, 1.165) is 0 Å². The highest BCUT2D eigenvalue weighted by Crippen LogP contribution is 2.18. The van der Waals surface area contributed by atoms with Crippen molar-refractivity contribution in [1.29, 1.82) is 0 Å². The molecule has 0 unspecified atom stereocenters. The van der Waals surface area contributed by atoms with Crippen LogP contribution in [0.4, 0.5) is 0 Å². The van der Waals surface area contributed by atoms with E-state index in [1.165, 1.54) is 12.1 Å². The van der Waals surface area contributed by atoms with Crippen molar-refractivity contribution >= 4 is 28.0 Å². The average molecular weight is 296 g/mol. The standard InChI is InChI=1S/C15H8N2O5/c18-13(7-1-3-9-11(5-7)21-14(19)16-9)8-2-4-10-12(6-8)22-15(20)17-10/h1-6H,(H,16,19)(H,17,20). The molecule has 0 fully saturated rings. The molecule has 22 heavy (non-hydrogen) atoms. The fourth-order valence-electron chi connectivity index (χ4n) is 2.34. The maximum atomic E-state index is 12.5. The number of aromatic nitrogens is 2. The largest absolute Gasteiger partial charge is 0.417 e. The van der Waals surface area contributed by atoms with Gasteiger partial charge < -0.3 is 8.83 Å². The smallest absolute Gasteiger partial charge is 0.408 e. The summed E-state index contributed by atoms with van der Waals surface area (Å²) < 4.78 is 9.88. The van der Waals surface area contributed by atoms with Crippen LogP contribution in [0.1, 0.15) is 15.9 Å². The molecule has 4 aromatic rings. The molecule has 4 rings (SSSR count). The molecule has 0 saturated heterocycles. The van der Waals surface area contributed by atoms with Crippen LogP contribution >= 0.6 is 0 Å². The van der Waals surface area contributed by atoms with Gasteiger partial charge in [-0.1, -0.05) is 0 Å². The van der Waals surface area contributed by atoms with Crippen molar-refractivity contribution in [2.75, 3.05) is 0 Å². The number of rotatable bonds is 2. The number of hydrogen-bond donors (Lipinski definition) is 2. The van der Waals surface area contributed by atoms with E-state index in [0.29, 0.717) is 33.3 Å². The number of fused-ring (bicyclic) bond motifs is 2. The quantitative estimate of drug-likeness (QED) is 0.548. The van der Waals surface area contributed by atoms with Crippen LogP contribution in [-0.2, 0) is 0 Å². The second kappa shape index (κ2) is 4.32. The number of hydrogen-bond acceptors (Lipinski definition) is 5. The Labute approximate surface area is 121 Å². The number of aromatic amines is 2. The summed E-state index contributed by atoms with van der Waals surface area (Å²) in [6.45, 7) is 0. The molecule has 2 heterocycles. The minimum absolute atomic E-state index is 0.267. The van der Waals surface area contributed by atoms with Crippen LogP contribution in [0.3, 0.4) is 0 Å². The highest BCUT2D eigenvalue weighted by molar-refractivity contribution is 6.11. The van der Waals surface area contributed by atoms with Crippen molar-refractivity contribution in [3.63, 3.8) is 0 Å². The Morgan fingerprint density at radius 1 is 0.773 bits per heavy atom. The van der Waals surface area contributed by atoms with Crippen molar-refractivity contribution in [3.05, 3.63) is 68.6 Å². The number of ketones is 1. The molecule has 0 saturated carbocycles. The third-order valence-corrected chi connectivity index (χ3v) is 3.37. The highest BCUT2D eigenvalue weighted by atomic mass is 16.4. The number of H-pyrrole nitrogens is 2. The third-order valence-electron chi connectivity index (χ3n) is 3.37. The second-order valence-corrected chi connectivity index (χ2v) is 4.78. The van der Waals surface area contributed by atoms with Gasteiger partial charge in [0.05, 0.1) is 11.0 Å². The van der Waals surface area contributed by atoms with E-state index in [-0.39, 0.29) is 5.78 Å². The van der Waals surface area contributed by atoms with E-state index < -0.39 is 11.5 Å². The van der Waals surface area contributed by atoms with Gasteiger partial charge in [0.1, 0.15) is 0 Å². The monoisotopic (exact) mass is 296 g/mol. The van der Waals surface area contributed by atoms with E-state index in [9.17, 15) is 14.4 Å². The van der Waals surface area contributed by atoms with Crippen LogP contribution in [0, 0.1) is 0 Å². The lowest BCUT2D eigenvalue weighted by Gasteiger charge is -2.00. The summed E-state index contributed by atoms with van der Waals surface area (Å²) in [5.74, 6) is -1.42. The number of benzene rings is 2. The van der Waals surface area contributed by atoms with Crippen LogP contribution in [0.5, 0.6) is 0 Å². The first-order valence-corrected chi connectivity index (χ1v) is 6.40. The molecule has 108 valence electrons. The Morgan fingerprint density at radius 3 is 1.68 bits per heavy atom. The first-order chi connectivity index (χ1) is 10.6. The van der Waals surface area contributed by atoms with Gasteiger partial charge in [-0.05, 0) is 36.4 Å². The maximum Gasteiger partial charge on any atom is 0.417 e. The summed E-state index contributed by atoms with van der Waals surface area (Å²) in [4.78, 5) is 39.8. The molecular formula is C15H8N2O5. The van der Waals surface area contributed by atoms with Crippen molar-refractivity contribution in [1.82, 2.24) is 9.97 Å². The van der Waals surface area contributed by atoms with Crippen molar-refractivity contribution in [3.8, 4) is 0 Å². The van der Waals surface area contributed by atoms with Gasteiger partial charge in [0.2, 0.25) is 0 Å². The molecule has 2 aromatic carbocycles. The lowest BCUT2D eigenvalue weighted by Crippen LogP contribution is -2.00. The number of nitrogens with one attached hydrogen (secondary N) is 2. The summed E-state index contributed by atoms with van der Waals surface area (Å²) in [6.07, 6.45) is 0. The molecule has 2 N–H and O–H groups in total. The molecule has 0 atom stereocenters. The predicted octanol–water partition coefficient (Wildman–Crippen LogP) is 1.79. The zero-order valence-corrected chi connectivity index (χ0v) is 11.0. The Bertz CT molecular complexity index is 1050. The van der Waals surface area contributed by atoms with Crippen LogP contribution in [0.2, 0.25) is 0 Å². The van der Waals surface area contributed by atoms with Gasteiger partial charge in [-0.15, -0.1) is 0 Å². The van der Waals surface area contributed by atoms with Gasteiger partial charge in [0.25, 0.3) is 0 Å². The molecule has 0 aliphatic carbocycles. The van der Waals surface area contributed by atoms with Crippen LogP contribution < -0.4 is 11.5 Å². The van der Waals surface area contributed by atoms with Crippen LogP contribution in [0.15, 0.2) is 54.8 Å². The molecule has 0 spiro atoms. The Kier molecular flexibility index (Phi) is 2.43. The first-order valence-electron chi connectivity index (χ1n) is 6.40. The Hall–Kier alpha value is -3.35. The molecule has 0 aliphatic heterocycles. The molecule has 2 aromatic heterocycles. The lowest BCUT2D eigenvalue weighted by molar-refractivity contribution is 0.103. The summed E-state index contributed by atoms with van der Waals surface area (Å²) >= 11 is 0. The van der Waals surface area contributed by atoms with Gasteiger partial charge in [0.15, 0.2) is 16.9 Å². The maximum absolute atomic E-state index is 12.5. The SMILES string of the molecule is O=C(c1ccc2[nH]c(=O)oc2c1)c1ccc2[nH]c(=O)oc2c1. The van der Waals surface area contributed by atoms with Gasteiger partial charge in [-0.25, -0.2) is 9.59 Å². The van der Waals surface area contributed by atoms with Crippen LogP contribution in [-0.4, -0.2) is 15.8 Å². The molecule has 7 heteroatoms. The number of carbonyl (C=O) groups excluding carboxylic acids is 1. The zero-order valence-electron chi connectivity index (χ0n) is 11.0. The zero-order chi connectivity index (χ0) is 15.3. The fraction of sp³-hybridized carbons (Fsp3) is 0. The molecule has 0 radical (unpaired) electrons. The second-order valence-electron chi connectivity index (χ2n) is 4.78. The lowest BCUT2D eigenvalue weighted by atomic mass is 10.0. The fourth-order valence-corrected chi connectivity index (χ4v) is 2.34. The summed E-state index contributed by atoms with van der Waals surface area (Å²) in [5, 5.41) is 0. The average Bonchev–Trinajstić information content (AvgIpc) is 3.04. The summed E-state index contributed by atoms with van der Waals surface area (Å²) in [6, 6.07) is 9.37. The predicted molar refractivity (Wildman–Crippen MR) is 77.1 cm³/mol. The number of oxazole rings is 2. The minimum atomic E-state index is -0.574. The van der Waals surface area contributed by atoms with Gasteiger partial charge in [0, 0.05) is 11.1 Å². The highest BCUT2D eigenvalue weighted by Gasteiger charge is 2.13. The molecule has 0 bridgehead atoms. The van der Waals surface area contributed by atoms with E-state index in [1.807, 2.05) is 0 Å². The summed E-state index contributed by atoms with van der Waals surface area (Å²) in [7, 11) is 0. The topological polar surface area (TPSA) is 109 Å². The Morgan fingerprint density at radius 2 is 1.23 bits per heavy atom. The normalized spacial score (nSPS) is 11.3. The molecule has 0 aliphatic rings. The van der Waals surface area contributed by atoms with Gasteiger partial charge >= 0.3 is 11.5 Å². The summed E-state index contributed by atoms with van der Waals surface area (Å²) in [5.41, 5.74) is 2.40. The van der Waals surface area contributed by atoms with E-state index in [1.54, 1.807) is 24.3 Å². The molecular weight excluding hydrogens is 288 g/mol.